The number of hydrogen-bond donors (Lipinski definition) is 3. The summed E-state index contributed by atoms with van der Waals surface area (Å²) in [6, 6.07) is 7.34. The van der Waals surface area contributed by atoms with Crippen LogP contribution in [0.15, 0.2) is 47.6 Å². The van der Waals surface area contributed by atoms with Gasteiger partial charge in [-0.2, -0.15) is 0 Å². The summed E-state index contributed by atoms with van der Waals surface area (Å²) in [5, 5.41) is 3.12. The van der Waals surface area contributed by atoms with Gasteiger partial charge in [-0.25, -0.2) is 0 Å². The van der Waals surface area contributed by atoms with Crippen LogP contribution in [-0.4, -0.2) is 11.6 Å². The quantitative estimate of drug-likeness (QED) is 0.692. The van der Waals surface area contributed by atoms with Gasteiger partial charge < -0.3 is 26.3 Å². The van der Waals surface area contributed by atoms with Crippen molar-refractivity contribution in [3.05, 3.63) is 47.6 Å². The summed E-state index contributed by atoms with van der Waals surface area (Å²) in [7, 11) is 0. The number of benzene rings is 1. The van der Waals surface area contributed by atoms with Crippen LogP contribution in [0.1, 0.15) is 6.92 Å². The van der Waals surface area contributed by atoms with Crippen molar-refractivity contribution in [1.82, 2.24) is 0 Å². The molecule has 5 N–H and O–H groups in total. The lowest BCUT2D eigenvalue weighted by Gasteiger charge is -2.31. The molecule has 1 aromatic rings. The Kier molecular flexibility index (Phi) is 2.22. The predicted octanol–water partition coefficient (Wildman–Crippen LogP) is 0.777. The molecule has 3 rings (SSSR count). The number of rotatable bonds is 1. The van der Waals surface area contributed by atoms with Crippen LogP contribution in [0.25, 0.3) is 0 Å². The third-order valence-corrected chi connectivity index (χ3v) is 3.02. The third kappa shape index (κ3) is 1.61. The van der Waals surface area contributed by atoms with Crippen LogP contribution in [0.5, 0.6) is 5.75 Å². The van der Waals surface area contributed by atoms with Gasteiger partial charge in [0, 0.05) is 6.08 Å². The van der Waals surface area contributed by atoms with E-state index in [9.17, 15) is 4.79 Å². The van der Waals surface area contributed by atoms with Crippen LogP contribution in [0, 0.1) is 0 Å². The van der Waals surface area contributed by atoms with E-state index in [0.29, 0.717) is 11.5 Å². The van der Waals surface area contributed by atoms with Crippen molar-refractivity contribution < 1.29 is 14.3 Å². The molecule has 1 spiro atoms. The Morgan fingerprint density at radius 3 is 2.79 bits per heavy atom. The van der Waals surface area contributed by atoms with Crippen LogP contribution in [0.3, 0.4) is 0 Å². The highest BCUT2D eigenvalue weighted by atomic mass is 16.5. The van der Waals surface area contributed by atoms with Crippen LogP contribution < -0.4 is 21.5 Å². The van der Waals surface area contributed by atoms with Crippen LogP contribution >= 0.6 is 0 Å². The number of nitrogens with one attached hydrogen (secondary N) is 1. The van der Waals surface area contributed by atoms with Gasteiger partial charge in [0.05, 0.1) is 5.69 Å². The summed E-state index contributed by atoms with van der Waals surface area (Å²) in [6.07, 6.45) is 1.64. The Balaban J connectivity index is 2.13. The molecule has 2 heterocycles. The monoisotopic (exact) mass is 259 g/mol. The first kappa shape index (κ1) is 11.5. The lowest BCUT2D eigenvalue weighted by Crippen LogP contribution is -2.48. The van der Waals surface area contributed by atoms with Crippen molar-refractivity contribution in [3.63, 3.8) is 0 Å². The molecule has 0 aliphatic carbocycles. The zero-order valence-electron chi connectivity index (χ0n) is 10.3. The molecule has 98 valence electrons. The van der Waals surface area contributed by atoms with Gasteiger partial charge in [-0.1, -0.05) is 12.1 Å². The van der Waals surface area contributed by atoms with E-state index in [1.54, 1.807) is 19.1 Å². The summed E-state index contributed by atoms with van der Waals surface area (Å²) in [6.45, 7) is 1.72. The molecule has 1 amide bonds. The van der Waals surface area contributed by atoms with Crippen molar-refractivity contribution in [2.24, 2.45) is 11.5 Å². The van der Waals surface area contributed by atoms with Crippen LogP contribution in [0.2, 0.25) is 0 Å². The number of amides is 1. The number of carbonyl (C=O) groups excluding carboxylic acids is 1. The minimum Gasteiger partial charge on any atom is -0.457 e. The molecular formula is C13H13N3O3. The smallest absolute Gasteiger partial charge is 0.256 e. The predicted molar refractivity (Wildman–Crippen MR) is 68.7 cm³/mol. The number of nitrogens with two attached hydrogens (primary N) is 2. The molecule has 0 saturated heterocycles. The van der Waals surface area contributed by atoms with Crippen LogP contribution in [-0.2, 0) is 9.53 Å². The lowest BCUT2D eigenvalue weighted by molar-refractivity contribution is -0.116. The molecule has 1 aromatic carbocycles. The van der Waals surface area contributed by atoms with Gasteiger partial charge in [-0.3, -0.25) is 4.79 Å². The maximum absolute atomic E-state index is 11.6. The molecule has 1 unspecified atom stereocenters. The van der Waals surface area contributed by atoms with Gasteiger partial charge in [0.25, 0.3) is 5.91 Å². The van der Waals surface area contributed by atoms with E-state index in [2.05, 4.69) is 5.32 Å². The van der Waals surface area contributed by atoms with Crippen molar-refractivity contribution in [3.8, 4) is 5.75 Å². The molecule has 19 heavy (non-hydrogen) atoms. The summed E-state index contributed by atoms with van der Waals surface area (Å²) in [4.78, 5) is 11.6. The molecule has 1 atom stereocenters. The number of hydrogen-bond acceptors (Lipinski definition) is 5. The van der Waals surface area contributed by atoms with E-state index in [4.69, 9.17) is 20.9 Å². The summed E-state index contributed by atoms with van der Waals surface area (Å²) < 4.78 is 11.1. The maximum Gasteiger partial charge on any atom is 0.256 e. The van der Waals surface area contributed by atoms with Crippen molar-refractivity contribution in [1.29, 1.82) is 0 Å². The largest absolute Gasteiger partial charge is 0.457 e. The van der Waals surface area contributed by atoms with Crippen molar-refractivity contribution in [2.75, 3.05) is 5.32 Å². The van der Waals surface area contributed by atoms with Gasteiger partial charge in [-0.05, 0) is 19.1 Å². The van der Waals surface area contributed by atoms with Gasteiger partial charge in [0.15, 0.2) is 0 Å². The van der Waals surface area contributed by atoms with E-state index in [1.807, 2.05) is 18.2 Å². The number of allylic oxidation sites excluding steroid dienone is 1. The van der Waals surface area contributed by atoms with Crippen LogP contribution in [0.4, 0.5) is 5.69 Å². The topological polar surface area (TPSA) is 99.6 Å². The first-order valence-corrected chi connectivity index (χ1v) is 5.75. The highest BCUT2D eigenvalue weighted by Gasteiger charge is 2.47. The lowest BCUT2D eigenvalue weighted by atomic mass is 10.00. The molecule has 6 nitrogen and oxygen atoms in total. The van der Waals surface area contributed by atoms with E-state index in [0.717, 1.165) is 5.69 Å². The average Bonchev–Trinajstić information content (AvgIpc) is 2.64. The normalized spacial score (nSPS) is 24.2. The highest BCUT2D eigenvalue weighted by molar-refractivity contribution is 5.97. The number of carbonyl (C=O) groups is 1. The average molecular weight is 259 g/mol. The highest BCUT2D eigenvalue weighted by Crippen LogP contribution is 2.43. The Hall–Kier alpha value is -2.63. The summed E-state index contributed by atoms with van der Waals surface area (Å²) in [5.41, 5.74) is 10.8. The van der Waals surface area contributed by atoms with Crippen molar-refractivity contribution in [2.45, 2.75) is 12.6 Å². The van der Waals surface area contributed by atoms with Gasteiger partial charge in [-0.15, -0.1) is 0 Å². The third-order valence-electron chi connectivity index (χ3n) is 3.02. The molecule has 0 aromatic heterocycles. The summed E-state index contributed by atoms with van der Waals surface area (Å²) in [5.74, 6) is 0.414. The molecule has 0 radical (unpaired) electrons. The molecular weight excluding hydrogens is 246 g/mol. The first-order chi connectivity index (χ1) is 9.02. The standard InChI is InChI=1S/C13H13N3O3/c1-7-6-13(10(11(14)17)12(15)18-7)16-8-4-2-3-5-9(8)19-13/h2-6,16H,15H2,1H3,(H2,14,17). The van der Waals surface area contributed by atoms with E-state index in [1.165, 1.54) is 0 Å². The fourth-order valence-corrected chi connectivity index (χ4v) is 2.34. The fourth-order valence-electron chi connectivity index (χ4n) is 2.34. The molecule has 2 aliphatic rings. The van der Waals surface area contributed by atoms with Gasteiger partial charge >= 0.3 is 0 Å². The molecule has 0 saturated carbocycles. The number of anilines is 1. The minimum absolute atomic E-state index is 0.0483. The second kappa shape index (κ2) is 3.68. The molecule has 2 aliphatic heterocycles. The Morgan fingerprint density at radius 2 is 2.11 bits per heavy atom. The number of primary amides is 1. The Bertz CT molecular complexity index is 609. The zero-order valence-corrected chi connectivity index (χ0v) is 10.3. The second-order valence-electron chi connectivity index (χ2n) is 4.42. The molecule has 0 bridgehead atoms. The first-order valence-electron chi connectivity index (χ1n) is 5.75. The second-order valence-corrected chi connectivity index (χ2v) is 4.42. The molecule has 6 heteroatoms. The fraction of sp³-hybridized carbons (Fsp3) is 0.154. The number of para-hydroxylation sites is 2. The summed E-state index contributed by atoms with van der Waals surface area (Å²) >= 11 is 0. The van der Waals surface area contributed by atoms with E-state index < -0.39 is 11.6 Å². The van der Waals surface area contributed by atoms with E-state index >= 15 is 0 Å². The zero-order chi connectivity index (χ0) is 13.6. The Morgan fingerprint density at radius 1 is 1.37 bits per heavy atom. The molecule has 0 fully saturated rings. The Labute approximate surface area is 109 Å². The van der Waals surface area contributed by atoms with Gasteiger partial charge in [0.1, 0.15) is 17.1 Å². The number of ether oxygens (including phenoxy) is 2. The maximum atomic E-state index is 11.6. The minimum atomic E-state index is -1.19. The SMILES string of the molecule is CC1=CC2(Nc3ccccc3O2)C(C(N)=O)=C(N)O1. The van der Waals surface area contributed by atoms with Gasteiger partial charge in [0.2, 0.25) is 11.6 Å². The van der Waals surface area contributed by atoms with Crippen molar-refractivity contribution >= 4 is 11.6 Å². The van der Waals surface area contributed by atoms with E-state index in [-0.39, 0.29) is 11.5 Å². The number of fused-ring (bicyclic) bond motifs is 1.